The quantitative estimate of drug-likeness (QED) is 0.0407. The second-order valence-electron chi connectivity index (χ2n) is 12.9. The molecule has 264 valence electrons. The second-order valence-corrected chi connectivity index (χ2v) is 12.9. The Morgan fingerprint density at radius 2 is 1.09 bits per heavy atom. The van der Waals surface area contributed by atoms with Crippen LogP contribution in [0.25, 0.3) is 0 Å². The minimum atomic E-state index is -0.698. The molecular formula is C35H66NO9+. The summed E-state index contributed by atoms with van der Waals surface area (Å²) < 4.78 is 21.4. The molecule has 0 fully saturated rings. The molecule has 10 nitrogen and oxygen atoms in total. The van der Waals surface area contributed by atoms with E-state index in [-0.39, 0.29) is 37.0 Å². The molecule has 2 atom stereocenters. The van der Waals surface area contributed by atoms with Crippen LogP contribution in [0.1, 0.15) is 143 Å². The van der Waals surface area contributed by atoms with Crippen LogP contribution in [0, 0.1) is 0 Å². The van der Waals surface area contributed by atoms with Gasteiger partial charge in [-0.2, -0.15) is 0 Å². The van der Waals surface area contributed by atoms with E-state index in [1.54, 1.807) is 0 Å². The van der Waals surface area contributed by atoms with Crippen LogP contribution in [0.2, 0.25) is 0 Å². The smallest absolute Gasteiger partial charge is 0.362 e. The molecule has 0 saturated heterocycles. The van der Waals surface area contributed by atoms with E-state index in [9.17, 15) is 24.3 Å². The topological polar surface area (TPSA) is 125 Å². The summed E-state index contributed by atoms with van der Waals surface area (Å²) in [7, 11) is 3.77. The number of aliphatic hydroxyl groups excluding tert-OH is 1. The van der Waals surface area contributed by atoms with Gasteiger partial charge in [0.15, 0.2) is 6.54 Å². The molecule has 0 bridgehead atoms. The molecule has 0 aliphatic heterocycles. The molecule has 0 rings (SSSR count). The molecule has 0 amide bonds. The minimum absolute atomic E-state index is 0.122. The highest BCUT2D eigenvalue weighted by molar-refractivity contribution is 5.71. The first-order valence-electron chi connectivity index (χ1n) is 17.6. The van der Waals surface area contributed by atoms with Gasteiger partial charge in [0.1, 0.15) is 19.3 Å². The first-order chi connectivity index (χ1) is 21.5. The fraction of sp³-hybridized carbons (Fsp3) is 0.886. The lowest BCUT2D eigenvalue weighted by molar-refractivity contribution is -0.883. The number of ether oxygens (including phenoxy) is 4. The van der Waals surface area contributed by atoms with Crippen molar-refractivity contribution in [3.63, 3.8) is 0 Å². The number of likely N-dealkylation sites (N-methyl/N-ethyl adjacent to an activating group) is 1. The number of rotatable bonds is 30. The van der Waals surface area contributed by atoms with Crippen LogP contribution in [0.15, 0.2) is 0 Å². The van der Waals surface area contributed by atoms with Gasteiger partial charge in [-0.1, -0.05) is 84.0 Å². The predicted molar refractivity (Wildman–Crippen MR) is 175 cm³/mol. The van der Waals surface area contributed by atoms with Gasteiger partial charge in [-0.25, -0.2) is 4.79 Å². The number of esters is 4. The van der Waals surface area contributed by atoms with Crippen molar-refractivity contribution >= 4 is 23.9 Å². The summed E-state index contributed by atoms with van der Waals surface area (Å²) in [4.78, 5) is 46.4. The Balaban J connectivity index is 3.99. The normalized spacial score (nSPS) is 12.8. The Hall–Kier alpha value is -2.20. The summed E-state index contributed by atoms with van der Waals surface area (Å²) in [6, 6.07) is 0. The predicted octanol–water partition coefficient (Wildman–Crippen LogP) is 6.44. The number of carbonyl (C=O) groups is 4. The van der Waals surface area contributed by atoms with Gasteiger partial charge in [0.05, 0.1) is 33.4 Å². The average Bonchev–Trinajstić information content (AvgIpc) is 2.95. The Labute approximate surface area is 273 Å². The summed E-state index contributed by atoms with van der Waals surface area (Å²) in [5, 5.41) is 10.8. The lowest BCUT2D eigenvalue weighted by Crippen LogP contribution is -2.47. The Kier molecular flexibility index (Phi) is 26.7. The molecule has 0 radical (unpaired) electrons. The summed E-state index contributed by atoms with van der Waals surface area (Å²) in [5.41, 5.74) is 0. The van der Waals surface area contributed by atoms with Gasteiger partial charge in [-0.05, 0) is 38.5 Å². The molecule has 0 heterocycles. The van der Waals surface area contributed by atoms with Gasteiger partial charge < -0.3 is 28.5 Å². The average molecular weight is 645 g/mol. The molecule has 0 aromatic heterocycles. The number of hydrogen-bond acceptors (Lipinski definition) is 9. The fourth-order valence-corrected chi connectivity index (χ4v) is 5.07. The standard InChI is InChI=1S/C35H66NO9/c1-6-7-17-23-33(45-35(41)29-36(4,5)25-28-43-31(3)38)32(39)22-18-13-12-14-19-24-34(40)44-27-21-16-11-9-8-10-15-20-26-42-30(2)37/h32-33,39H,6-29H2,1-5H3/q+1. The van der Waals surface area contributed by atoms with Gasteiger partial charge in [0, 0.05) is 20.3 Å². The van der Waals surface area contributed by atoms with E-state index in [1.807, 2.05) is 14.1 Å². The zero-order valence-electron chi connectivity index (χ0n) is 29.3. The number of aliphatic hydroxyl groups is 1. The maximum atomic E-state index is 12.7. The van der Waals surface area contributed by atoms with Crippen LogP contribution in [0.4, 0.5) is 0 Å². The van der Waals surface area contributed by atoms with Crippen molar-refractivity contribution in [2.45, 2.75) is 155 Å². The van der Waals surface area contributed by atoms with Gasteiger partial charge in [0.25, 0.3) is 0 Å². The molecular weight excluding hydrogens is 578 g/mol. The fourth-order valence-electron chi connectivity index (χ4n) is 5.07. The molecule has 2 unspecified atom stereocenters. The molecule has 1 N–H and O–H groups in total. The van der Waals surface area contributed by atoms with Gasteiger partial charge in [-0.3, -0.25) is 14.4 Å². The van der Waals surface area contributed by atoms with E-state index >= 15 is 0 Å². The van der Waals surface area contributed by atoms with Crippen LogP contribution >= 0.6 is 0 Å². The highest BCUT2D eigenvalue weighted by atomic mass is 16.6. The van der Waals surface area contributed by atoms with E-state index in [1.165, 1.54) is 26.7 Å². The van der Waals surface area contributed by atoms with Crippen molar-refractivity contribution in [1.29, 1.82) is 0 Å². The van der Waals surface area contributed by atoms with Crippen molar-refractivity contribution in [3.8, 4) is 0 Å². The van der Waals surface area contributed by atoms with Crippen LogP contribution in [-0.2, 0) is 38.1 Å². The SMILES string of the molecule is CCCCCC(OC(=O)C[N+](C)(C)CCOC(C)=O)C(O)CCCCCCCC(=O)OCCCCCCCCCCOC(C)=O. The summed E-state index contributed by atoms with van der Waals surface area (Å²) in [5.74, 6) is -1.03. The first kappa shape index (κ1) is 42.8. The molecule has 0 aliphatic carbocycles. The monoisotopic (exact) mass is 644 g/mol. The highest BCUT2D eigenvalue weighted by Crippen LogP contribution is 2.18. The molecule has 0 aromatic carbocycles. The van der Waals surface area contributed by atoms with E-state index in [4.69, 9.17) is 18.9 Å². The number of unbranched alkanes of at least 4 members (excludes halogenated alkanes) is 13. The zero-order valence-corrected chi connectivity index (χ0v) is 29.3. The van der Waals surface area contributed by atoms with Crippen LogP contribution < -0.4 is 0 Å². The number of quaternary nitrogens is 1. The third-order valence-corrected chi connectivity index (χ3v) is 7.85. The number of hydrogen-bond donors (Lipinski definition) is 1. The maximum Gasteiger partial charge on any atom is 0.362 e. The molecule has 10 heteroatoms. The van der Waals surface area contributed by atoms with Crippen LogP contribution in [0.5, 0.6) is 0 Å². The van der Waals surface area contributed by atoms with E-state index in [0.717, 1.165) is 89.9 Å². The Morgan fingerprint density at radius 3 is 1.67 bits per heavy atom. The largest absolute Gasteiger partial charge is 0.466 e. The van der Waals surface area contributed by atoms with Crippen molar-refractivity contribution < 1.29 is 47.7 Å². The summed E-state index contributed by atoms with van der Waals surface area (Å²) >= 11 is 0. The lowest BCUT2D eigenvalue weighted by Gasteiger charge is -2.30. The van der Waals surface area contributed by atoms with Crippen molar-refractivity contribution in [2.75, 3.05) is 47.0 Å². The van der Waals surface area contributed by atoms with Crippen molar-refractivity contribution in [1.82, 2.24) is 0 Å². The third kappa shape index (κ3) is 29.0. The lowest BCUT2D eigenvalue weighted by atomic mass is 10.00. The maximum absolute atomic E-state index is 12.7. The Morgan fingerprint density at radius 1 is 0.600 bits per heavy atom. The van der Waals surface area contributed by atoms with E-state index in [2.05, 4.69) is 6.92 Å². The Bertz CT molecular complexity index is 787. The van der Waals surface area contributed by atoms with Gasteiger partial charge in [0.2, 0.25) is 0 Å². The van der Waals surface area contributed by atoms with Gasteiger partial charge >= 0.3 is 23.9 Å². The minimum Gasteiger partial charge on any atom is -0.466 e. The van der Waals surface area contributed by atoms with Gasteiger partial charge in [-0.15, -0.1) is 0 Å². The number of nitrogens with zero attached hydrogens (tertiary/aromatic N) is 1. The second kappa shape index (κ2) is 28.1. The number of carbonyl (C=O) groups excluding carboxylic acids is 4. The van der Waals surface area contributed by atoms with Crippen LogP contribution in [0.3, 0.4) is 0 Å². The molecule has 0 aromatic rings. The highest BCUT2D eigenvalue weighted by Gasteiger charge is 2.27. The van der Waals surface area contributed by atoms with Crippen LogP contribution in [-0.4, -0.2) is 92.7 Å². The molecule has 0 spiro atoms. The van der Waals surface area contributed by atoms with Crippen molar-refractivity contribution in [2.24, 2.45) is 0 Å². The molecule has 45 heavy (non-hydrogen) atoms. The molecule has 0 saturated carbocycles. The van der Waals surface area contributed by atoms with E-state index in [0.29, 0.717) is 43.5 Å². The third-order valence-electron chi connectivity index (χ3n) is 7.85. The van der Waals surface area contributed by atoms with Crippen molar-refractivity contribution in [3.05, 3.63) is 0 Å². The summed E-state index contributed by atoms with van der Waals surface area (Å²) in [6.07, 6.45) is 16.6. The van der Waals surface area contributed by atoms with E-state index < -0.39 is 12.2 Å². The molecule has 0 aliphatic rings. The summed E-state index contributed by atoms with van der Waals surface area (Å²) in [6.45, 7) is 6.81. The zero-order chi connectivity index (χ0) is 33.8. The first-order valence-corrected chi connectivity index (χ1v) is 17.6.